The summed E-state index contributed by atoms with van der Waals surface area (Å²) in [7, 11) is -3.81. The zero-order valence-electron chi connectivity index (χ0n) is 17.9. The molecule has 0 unspecified atom stereocenters. The van der Waals surface area contributed by atoms with Gasteiger partial charge in [-0.05, 0) is 30.4 Å². The van der Waals surface area contributed by atoms with Crippen molar-refractivity contribution in [3.05, 3.63) is 23.8 Å². The molecule has 9 heteroatoms. The Hall–Kier alpha value is -2.42. The molecule has 1 aromatic carbocycles. The van der Waals surface area contributed by atoms with Crippen molar-refractivity contribution in [1.82, 2.24) is 8.96 Å². The lowest BCUT2D eigenvalue weighted by Crippen LogP contribution is -2.30. The number of para-hydroxylation sites is 1. The van der Waals surface area contributed by atoms with Gasteiger partial charge >= 0.3 is 5.97 Å². The number of aromatic nitrogens is 2. The monoisotopic (exact) mass is 435 g/mol. The Bertz CT molecular complexity index is 1060. The third-order valence-electron chi connectivity index (χ3n) is 5.02. The molecule has 30 heavy (non-hydrogen) atoms. The van der Waals surface area contributed by atoms with Crippen LogP contribution < -0.4 is 5.32 Å². The third-order valence-corrected chi connectivity index (χ3v) is 7.21. The summed E-state index contributed by atoms with van der Waals surface area (Å²) in [5.74, 6) is -1.12. The van der Waals surface area contributed by atoms with Gasteiger partial charge in [-0.25, -0.2) is 22.2 Å². The molecule has 0 aliphatic heterocycles. The van der Waals surface area contributed by atoms with Gasteiger partial charge in [0.1, 0.15) is 5.52 Å². The number of carbonyl (C=O) groups is 2. The lowest BCUT2D eigenvalue weighted by molar-refractivity contribution is -0.114. The molecule has 1 heterocycles. The number of amides is 1. The molecule has 1 fully saturated rings. The highest BCUT2D eigenvalue weighted by molar-refractivity contribution is 7.90. The second kappa shape index (κ2) is 8.37. The number of nitrogens with zero attached hydrogens (tertiary/aromatic N) is 2. The highest BCUT2D eigenvalue weighted by atomic mass is 32.2. The van der Waals surface area contributed by atoms with Gasteiger partial charge < -0.3 is 4.74 Å². The molecule has 2 aromatic rings. The van der Waals surface area contributed by atoms with E-state index in [4.69, 9.17) is 4.74 Å². The zero-order chi connectivity index (χ0) is 22.1. The summed E-state index contributed by atoms with van der Waals surface area (Å²) in [5, 5.41) is 1.96. The number of nitrogens with one attached hydrogen (secondary N) is 1. The number of fused-ring (bicyclic) bond motifs is 1. The fourth-order valence-electron chi connectivity index (χ4n) is 3.61. The second-order valence-electron chi connectivity index (χ2n) is 9.00. The molecular formula is C21H29N3O5S. The van der Waals surface area contributed by atoms with Gasteiger partial charge in [0, 0.05) is 6.92 Å². The van der Waals surface area contributed by atoms with Gasteiger partial charge in [-0.2, -0.15) is 0 Å². The maximum absolute atomic E-state index is 13.5. The number of rotatable bonds is 5. The summed E-state index contributed by atoms with van der Waals surface area (Å²) in [5.41, 5.74) is 0.407. The Kier molecular flexibility index (Phi) is 6.21. The number of carbonyl (C=O) groups excluding carboxylic acids is 2. The van der Waals surface area contributed by atoms with Crippen molar-refractivity contribution in [2.24, 2.45) is 5.41 Å². The molecule has 0 atom stereocenters. The SMILES string of the molecule is CC(=O)Nc1nc2c(C(=O)OCC(C)(C)C)cccc2n1S(=O)(=O)C1CCCCC1. The number of esters is 1. The molecule has 1 aliphatic carbocycles. The van der Waals surface area contributed by atoms with E-state index in [0.717, 1.165) is 23.2 Å². The van der Waals surface area contributed by atoms with Crippen molar-refractivity contribution in [3.8, 4) is 0 Å². The van der Waals surface area contributed by atoms with Crippen molar-refractivity contribution >= 4 is 38.9 Å². The average Bonchev–Trinajstić information content (AvgIpc) is 3.04. The van der Waals surface area contributed by atoms with E-state index in [-0.39, 0.29) is 34.6 Å². The van der Waals surface area contributed by atoms with E-state index in [0.29, 0.717) is 12.8 Å². The predicted molar refractivity (Wildman–Crippen MR) is 115 cm³/mol. The molecule has 8 nitrogen and oxygen atoms in total. The van der Waals surface area contributed by atoms with Gasteiger partial charge in [0.25, 0.3) is 0 Å². The molecule has 0 spiro atoms. The van der Waals surface area contributed by atoms with Crippen LogP contribution in [0, 0.1) is 5.41 Å². The number of hydrogen-bond acceptors (Lipinski definition) is 6. The quantitative estimate of drug-likeness (QED) is 0.718. The van der Waals surface area contributed by atoms with Crippen molar-refractivity contribution in [2.75, 3.05) is 11.9 Å². The van der Waals surface area contributed by atoms with Crippen molar-refractivity contribution < 1.29 is 22.7 Å². The van der Waals surface area contributed by atoms with E-state index >= 15 is 0 Å². The first-order valence-corrected chi connectivity index (χ1v) is 11.7. The fourth-order valence-corrected chi connectivity index (χ4v) is 5.58. The second-order valence-corrected chi connectivity index (χ2v) is 11.1. The Balaban J connectivity index is 2.12. The average molecular weight is 436 g/mol. The highest BCUT2D eigenvalue weighted by Gasteiger charge is 2.33. The molecule has 1 N–H and O–H groups in total. The topological polar surface area (TPSA) is 107 Å². The minimum absolute atomic E-state index is 0.0980. The fraction of sp³-hybridized carbons (Fsp3) is 0.571. The minimum atomic E-state index is -3.81. The number of imidazole rings is 1. The molecule has 0 bridgehead atoms. The summed E-state index contributed by atoms with van der Waals surface area (Å²) in [6.07, 6.45) is 3.83. The van der Waals surface area contributed by atoms with Crippen LogP contribution in [-0.2, 0) is 19.6 Å². The molecule has 1 amide bonds. The Morgan fingerprint density at radius 1 is 1.20 bits per heavy atom. The smallest absolute Gasteiger partial charge is 0.340 e. The summed E-state index contributed by atoms with van der Waals surface area (Å²) >= 11 is 0. The first-order valence-electron chi connectivity index (χ1n) is 10.2. The Labute approximate surface area is 177 Å². The molecule has 3 rings (SSSR count). The van der Waals surface area contributed by atoms with Crippen molar-refractivity contribution in [3.63, 3.8) is 0 Å². The van der Waals surface area contributed by atoms with Crippen molar-refractivity contribution in [1.29, 1.82) is 0 Å². The normalized spacial score (nSPS) is 15.9. The van der Waals surface area contributed by atoms with E-state index in [1.54, 1.807) is 18.2 Å². The van der Waals surface area contributed by atoms with Crippen LogP contribution in [0.25, 0.3) is 11.0 Å². The third kappa shape index (κ3) is 4.66. The van der Waals surface area contributed by atoms with Crippen molar-refractivity contribution in [2.45, 2.75) is 65.0 Å². The highest BCUT2D eigenvalue weighted by Crippen LogP contribution is 2.32. The molecule has 1 aromatic heterocycles. The first kappa shape index (κ1) is 22.3. The summed E-state index contributed by atoms with van der Waals surface area (Å²) in [4.78, 5) is 28.7. The van der Waals surface area contributed by atoms with Gasteiger partial charge in [-0.1, -0.05) is 46.1 Å². The lowest BCUT2D eigenvalue weighted by atomic mass is 9.99. The Morgan fingerprint density at radius 3 is 2.47 bits per heavy atom. The van der Waals surface area contributed by atoms with Crippen LogP contribution in [-0.4, -0.2) is 41.1 Å². The van der Waals surface area contributed by atoms with Crippen LogP contribution in [0.15, 0.2) is 18.2 Å². The van der Waals surface area contributed by atoms with E-state index in [1.165, 1.54) is 6.92 Å². The minimum Gasteiger partial charge on any atom is -0.461 e. The molecule has 1 saturated carbocycles. The lowest BCUT2D eigenvalue weighted by Gasteiger charge is -2.23. The van der Waals surface area contributed by atoms with Crippen LogP contribution in [0.4, 0.5) is 5.95 Å². The number of anilines is 1. The van der Waals surface area contributed by atoms with Crippen LogP contribution in [0.3, 0.4) is 0 Å². The first-order chi connectivity index (χ1) is 14.0. The summed E-state index contributed by atoms with van der Waals surface area (Å²) in [6.45, 7) is 7.33. The largest absolute Gasteiger partial charge is 0.461 e. The maximum atomic E-state index is 13.5. The maximum Gasteiger partial charge on any atom is 0.340 e. The summed E-state index contributed by atoms with van der Waals surface area (Å²) < 4.78 is 33.4. The predicted octanol–water partition coefficient (Wildman–Crippen LogP) is 3.71. The van der Waals surface area contributed by atoms with Crippen LogP contribution in [0.2, 0.25) is 0 Å². The number of hydrogen-bond donors (Lipinski definition) is 1. The molecular weight excluding hydrogens is 406 g/mol. The number of ether oxygens (including phenoxy) is 1. The summed E-state index contributed by atoms with van der Waals surface area (Å²) in [6, 6.07) is 4.74. The molecule has 164 valence electrons. The van der Waals surface area contributed by atoms with E-state index in [1.807, 2.05) is 20.8 Å². The molecule has 1 aliphatic rings. The van der Waals surface area contributed by atoms with Gasteiger partial charge in [-0.15, -0.1) is 0 Å². The molecule has 0 radical (unpaired) electrons. The van der Waals surface area contributed by atoms with Gasteiger partial charge in [0.2, 0.25) is 21.9 Å². The van der Waals surface area contributed by atoms with Gasteiger partial charge in [-0.3, -0.25) is 10.1 Å². The van der Waals surface area contributed by atoms with Crippen LogP contribution in [0.1, 0.15) is 70.2 Å². The van der Waals surface area contributed by atoms with E-state index in [9.17, 15) is 18.0 Å². The van der Waals surface area contributed by atoms with Crippen LogP contribution in [0.5, 0.6) is 0 Å². The van der Waals surface area contributed by atoms with Gasteiger partial charge in [0.15, 0.2) is 0 Å². The van der Waals surface area contributed by atoms with Gasteiger partial charge in [0.05, 0.1) is 22.9 Å². The van der Waals surface area contributed by atoms with E-state index in [2.05, 4.69) is 10.3 Å². The zero-order valence-corrected chi connectivity index (χ0v) is 18.7. The standard InChI is InChI=1S/C21H29N3O5S/c1-14(25)22-20-23-18-16(19(26)29-13-21(2,3)4)11-8-12-17(18)24(20)30(27,28)15-9-6-5-7-10-15/h8,11-12,15H,5-7,9-10,13H2,1-4H3,(H,22,23,25). The molecule has 0 saturated heterocycles. The number of benzene rings is 1. The van der Waals surface area contributed by atoms with Crippen LogP contribution >= 0.6 is 0 Å². The van der Waals surface area contributed by atoms with E-state index < -0.39 is 27.1 Å². The Morgan fingerprint density at radius 2 is 1.87 bits per heavy atom.